The van der Waals surface area contributed by atoms with E-state index < -0.39 is 0 Å². The Balaban J connectivity index is 1.94. The lowest BCUT2D eigenvalue weighted by Crippen LogP contribution is -2.15. The van der Waals surface area contributed by atoms with Crippen LogP contribution in [-0.4, -0.2) is 16.5 Å². The fourth-order valence-electron chi connectivity index (χ4n) is 2.83. The van der Waals surface area contributed by atoms with Gasteiger partial charge in [0.15, 0.2) is 0 Å². The normalized spacial score (nSPS) is 13.7. The van der Waals surface area contributed by atoms with Gasteiger partial charge in [0.05, 0.1) is 10.5 Å². The molecule has 4 rings (SSSR count). The second kappa shape index (κ2) is 4.86. The zero-order chi connectivity index (χ0) is 14.4. The highest BCUT2D eigenvalue weighted by Crippen LogP contribution is 2.38. The molecule has 0 unspecified atom stereocenters. The number of anilines is 2. The van der Waals surface area contributed by atoms with E-state index in [1.165, 1.54) is 5.56 Å². The van der Waals surface area contributed by atoms with Crippen molar-refractivity contribution in [2.45, 2.75) is 6.42 Å². The molecule has 2 aromatic carbocycles. The molecule has 0 N–H and O–H groups in total. The third kappa shape index (κ3) is 2.04. The Kier molecular flexibility index (Phi) is 2.98. The highest BCUT2D eigenvalue weighted by molar-refractivity contribution is 6.35. The fraction of sp³-hybridized carbons (Fsp3) is 0.125. The van der Waals surface area contributed by atoms with Crippen molar-refractivity contribution in [2.24, 2.45) is 0 Å². The van der Waals surface area contributed by atoms with Gasteiger partial charge in [-0.2, -0.15) is 0 Å². The predicted octanol–water partition coefficient (Wildman–Crippen LogP) is 4.63. The maximum absolute atomic E-state index is 6.23. The summed E-state index contributed by atoms with van der Waals surface area (Å²) in [7, 11) is 0. The Morgan fingerprint density at radius 3 is 2.86 bits per heavy atom. The Morgan fingerprint density at radius 1 is 1.05 bits per heavy atom. The average Bonchev–Trinajstić information content (AvgIpc) is 2.90. The van der Waals surface area contributed by atoms with Gasteiger partial charge in [-0.05, 0) is 36.2 Å². The molecule has 0 amide bonds. The van der Waals surface area contributed by atoms with Gasteiger partial charge < -0.3 is 4.90 Å². The molecule has 0 saturated heterocycles. The Morgan fingerprint density at radius 2 is 1.95 bits per heavy atom. The molecule has 21 heavy (non-hydrogen) atoms. The standard InChI is InChI=1S/C16H11Cl2N3/c17-11-5-4-10-6-7-21(14(10)8-11)16-12-2-1-3-13(18)15(12)19-9-20-16/h1-5,8-9H,6-7H2. The van der Waals surface area contributed by atoms with E-state index in [1.807, 2.05) is 30.3 Å². The summed E-state index contributed by atoms with van der Waals surface area (Å²) in [6, 6.07) is 11.8. The first-order valence-electron chi connectivity index (χ1n) is 6.69. The van der Waals surface area contributed by atoms with Gasteiger partial charge in [-0.1, -0.05) is 35.3 Å². The molecule has 0 saturated carbocycles. The predicted molar refractivity (Wildman–Crippen MR) is 86.7 cm³/mol. The fourth-order valence-corrected chi connectivity index (χ4v) is 3.21. The van der Waals surface area contributed by atoms with E-state index in [0.29, 0.717) is 5.02 Å². The third-order valence-electron chi connectivity index (χ3n) is 3.79. The SMILES string of the molecule is Clc1ccc2c(c1)N(c1ncnc3c(Cl)cccc13)CC2. The van der Waals surface area contributed by atoms with E-state index in [0.717, 1.165) is 40.4 Å². The number of aromatic nitrogens is 2. The first-order valence-corrected chi connectivity index (χ1v) is 7.45. The van der Waals surface area contributed by atoms with Gasteiger partial charge in [0, 0.05) is 22.6 Å². The van der Waals surface area contributed by atoms with Crippen LogP contribution in [0.1, 0.15) is 5.56 Å². The summed E-state index contributed by atoms with van der Waals surface area (Å²) in [5, 5.41) is 2.33. The summed E-state index contributed by atoms with van der Waals surface area (Å²) in [4.78, 5) is 10.9. The molecule has 0 spiro atoms. The molecule has 0 fully saturated rings. The second-order valence-electron chi connectivity index (χ2n) is 5.01. The number of nitrogens with zero attached hydrogens (tertiary/aromatic N) is 3. The zero-order valence-electron chi connectivity index (χ0n) is 11.1. The molecule has 1 aromatic heterocycles. The molecule has 5 heteroatoms. The number of halogens is 2. The van der Waals surface area contributed by atoms with Gasteiger partial charge in [0.1, 0.15) is 12.1 Å². The molecule has 0 atom stereocenters. The van der Waals surface area contributed by atoms with Crippen molar-refractivity contribution in [1.29, 1.82) is 0 Å². The summed E-state index contributed by atoms with van der Waals surface area (Å²) in [5.74, 6) is 0.878. The highest BCUT2D eigenvalue weighted by Gasteiger charge is 2.23. The number of para-hydroxylation sites is 1. The maximum Gasteiger partial charge on any atom is 0.144 e. The Hall–Kier alpha value is -1.84. The van der Waals surface area contributed by atoms with Gasteiger partial charge in [-0.3, -0.25) is 0 Å². The van der Waals surface area contributed by atoms with Crippen molar-refractivity contribution in [3.63, 3.8) is 0 Å². The largest absolute Gasteiger partial charge is 0.325 e. The molecule has 0 radical (unpaired) electrons. The van der Waals surface area contributed by atoms with Crippen molar-refractivity contribution in [1.82, 2.24) is 9.97 Å². The Bertz CT molecular complexity index is 848. The molecule has 2 heterocycles. The van der Waals surface area contributed by atoms with Crippen LogP contribution in [0.5, 0.6) is 0 Å². The first kappa shape index (κ1) is 12.9. The minimum Gasteiger partial charge on any atom is -0.325 e. The minimum atomic E-state index is 0.640. The Labute approximate surface area is 132 Å². The van der Waals surface area contributed by atoms with E-state index in [1.54, 1.807) is 6.33 Å². The van der Waals surface area contributed by atoms with E-state index in [4.69, 9.17) is 23.2 Å². The molecule has 1 aliphatic rings. The van der Waals surface area contributed by atoms with Crippen LogP contribution in [-0.2, 0) is 6.42 Å². The number of benzene rings is 2. The van der Waals surface area contributed by atoms with Crippen LogP contribution in [0.15, 0.2) is 42.7 Å². The number of hydrogen-bond donors (Lipinski definition) is 0. The lowest BCUT2D eigenvalue weighted by atomic mass is 10.2. The van der Waals surface area contributed by atoms with Crippen LogP contribution in [0, 0.1) is 0 Å². The van der Waals surface area contributed by atoms with Gasteiger partial charge >= 0.3 is 0 Å². The summed E-state index contributed by atoms with van der Waals surface area (Å²) in [6.07, 6.45) is 2.55. The van der Waals surface area contributed by atoms with Crippen LogP contribution in [0.25, 0.3) is 10.9 Å². The van der Waals surface area contributed by atoms with Gasteiger partial charge in [0.2, 0.25) is 0 Å². The average molecular weight is 316 g/mol. The highest BCUT2D eigenvalue weighted by atomic mass is 35.5. The summed E-state index contributed by atoms with van der Waals surface area (Å²) < 4.78 is 0. The number of hydrogen-bond acceptors (Lipinski definition) is 3. The van der Waals surface area contributed by atoms with Gasteiger partial charge in [0.25, 0.3) is 0 Å². The molecule has 3 aromatic rings. The lowest BCUT2D eigenvalue weighted by Gasteiger charge is -2.20. The van der Waals surface area contributed by atoms with Crippen molar-refractivity contribution in [2.75, 3.05) is 11.4 Å². The van der Waals surface area contributed by atoms with Crippen LogP contribution in [0.2, 0.25) is 10.0 Å². The monoisotopic (exact) mass is 315 g/mol. The van der Waals surface area contributed by atoms with E-state index >= 15 is 0 Å². The molecular weight excluding hydrogens is 305 g/mol. The zero-order valence-corrected chi connectivity index (χ0v) is 12.6. The molecule has 3 nitrogen and oxygen atoms in total. The number of fused-ring (bicyclic) bond motifs is 2. The van der Waals surface area contributed by atoms with E-state index in [2.05, 4.69) is 20.9 Å². The first-order chi connectivity index (χ1) is 10.2. The van der Waals surface area contributed by atoms with Crippen molar-refractivity contribution < 1.29 is 0 Å². The van der Waals surface area contributed by atoms with Gasteiger partial charge in [-0.15, -0.1) is 0 Å². The molecule has 104 valence electrons. The van der Waals surface area contributed by atoms with E-state index in [9.17, 15) is 0 Å². The van der Waals surface area contributed by atoms with Crippen molar-refractivity contribution >= 4 is 45.6 Å². The second-order valence-corrected chi connectivity index (χ2v) is 5.85. The third-order valence-corrected chi connectivity index (χ3v) is 4.33. The van der Waals surface area contributed by atoms with E-state index in [-0.39, 0.29) is 0 Å². The molecular formula is C16H11Cl2N3. The van der Waals surface area contributed by atoms with Crippen LogP contribution >= 0.6 is 23.2 Å². The molecule has 0 bridgehead atoms. The van der Waals surface area contributed by atoms with Crippen LogP contribution < -0.4 is 4.90 Å². The minimum absolute atomic E-state index is 0.640. The van der Waals surface area contributed by atoms with Crippen LogP contribution in [0.4, 0.5) is 11.5 Å². The van der Waals surface area contributed by atoms with Crippen molar-refractivity contribution in [3.05, 3.63) is 58.3 Å². The summed E-state index contributed by atoms with van der Waals surface area (Å²) in [6.45, 7) is 0.883. The maximum atomic E-state index is 6.23. The van der Waals surface area contributed by atoms with Crippen molar-refractivity contribution in [3.8, 4) is 0 Å². The number of rotatable bonds is 1. The smallest absolute Gasteiger partial charge is 0.144 e. The quantitative estimate of drug-likeness (QED) is 0.655. The molecule has 0 aliphatic carbocycles. The van der Waals surface area contributed by atoms with Gasteiger partial charge in [-0.25, -0.2) is 9.97 Å². The molecule has 1 aliphatic heterocycles. The van der Waals surface area contributed by atoms with Crippen LogP contribution in [0.3, 0.4) is 0 Å². The topological polar surface area (TPSA) is 29.0 Å². The summed E-state index contributed by atoms with van der Waals surface area (Å²) >= 11 is 12.4. The lowest BCUT2D eigenvalue weighted by molar-refractivity contribution is 0.975. The summed E-state index contributed by atoms with van der Waals surface area (Å²) in [5.41, 5.74) is 3.18.